The highest BCUT2D eigenvalue weighted by molar-refractivity contribution is 7.99. The summed E-state index contributed by atoms with van der Waals surface area (Å²) in [6, 6.07) is 25.3. The van der Waals surface area contributed by atoms with Crippen LogP contribution in [0.4, 0.5) is 5.69 Å². The molecule has 0 fully saturated rings. The second-order valence-electron chi connectivity index (χ2n) is 7.65. The molecule has 3 aromatic carbocycles. The van der Waals surface area contributed by atoms with Gasteiger partial charge in [0.25, 0.3) is 0 Å². The Morgan fingerprint density at radius 1 is 0.939 bits per heavy atom. The molecule has 168 valence electrons. The van der Waals surface area contributed by atoms with Gasteiger partial charge in [-0.2, -0.15) is 0 Å². The molecular weight excluding hydrogens is 432 g/mol. The summed E-state index contributed by atoms with van der Waals surface area (Å²) in [5.41, 5.74) is 4.43. The Kier molecular flexibility index (Phi) is 7.42. The van der Waals surface area contributed by atoms with Gasteiger partial charge in [-0.15, -0.1) is 10.2 Å². The second-order valence-corrected chi connectivity index (χ2v) is 8.59. The topological polar surface area (TPSA) is 69.0 Å². The van der Waals surface area contributed by atoms with E-state index in [0.717, 1.165) is 11.4 Å². The zero-order valence-electron chi connectivity index (χ0n) is 18.7. The molecule has 0 radical (unpaired) electrons. The van der Waals surface area contributed by atoms with E-state index in [9.17, 15) is 4.79 Å². The Labute approximate surface area is 198 Å². The molecule has 1 heterocycles. The van der Waals surface area contributed by atoms with Crippen LogP contribution < -0.4 is 10.1 Å². The highest BCUT2D eigenvalue weighted by Crippen LogP contribution is 2.22. The minimum absolute atomic E-state index is 0.0884. The van der Waals surface area contributed by atoms with Crippen molar-refractivity contribution < 1.29 is 9.53 Å². The van der Waals surface area contributed by atoms with Gasteiger partial charge in [0.1, 0.15) is 12.4 Å². The number of thioether (sulfide) groups is 1. The van der Waals surface area contributed by atoms with Crippen molar-refractivity contribution in [2.45, 2.75) is 32.2 Å². The molecule has 0 aliphatic carbocycles. The highest BCUT2D eigenvalue weighted by Gasteiger charge is 2.16. The Hall–Kier alpha value is -3.58. The lowest BCUT2D eigenvalue weighted by atomic mass is 10.0. The standard InChI is InChI=1S/C26H26N4O2S/c1-19-10-9-11-21(20(19)2)16-30-24(17-32-23-14-7-4-8-15-23)28-29-26(30)33-18-25(31)27-22-12-5-3-6-13-22/h3-15H,16-18H2,1-2H3,(H,27,31). The molecule has 1 aromatic heterocycles. The number of amides is 1. The third-order valence-corrected chi connectivity index (χ3v) is 6.31. The number of rotatable bonds is 9. The van der Waals surface area contributed by atoms with Gasteiger partial charge < -0.3 is 10.1 Å². The van der Waals surface area contributed by atoms with Crippen LogP contribution in [0, 0.1) is 13.8 Å². The average Bonchev–Trinajstić information content (AvgIpc) is 3.22. The minimum Gasteiger partial charge on any atom is -0.486 e. The van der Waals surface area contributed by atoms with Crippen LogP contribution in [0.5, 0.6) is 5.75 Å². The lowest BCUT2D eigenvalue weighted by molar-refractivity contribution is -0.113. The fourth-order valence-corrected chi connectivity index (χ4v) is 4.11. The predicted octanol–water partition coefficient (Wildman–Crippen LogP) is 5.25. The first-order valence-corrected chi connectivity index (χ1v) is 11.7. The fraction of sp³-hybridized carbons (Fsp3) is 0.192. The maximum atomic E-state index is 12.5. The van der Waals surface area contributed by atoms with Crippen LogP contribution in [0.25, 0.3) is 0 Å². The molecule has 33 heavy (non-hydrogen) atoms. The van der Waals surface area contributed by atoms with Crippen molar-refractivity contribution in [3.63, 3.8) is 0 Å². The zero-order chi connectivity index (χ0) is 23.0. The summed E-state index contributed by atoms with van der Waals surface area (Å²) in [6.45, 7) is 5.12. The lowest BCUT2D eigenvalue weighted by Crippen LogP contribution is -2.15. The predicted molar refractivity (Wildman–Crippen MR) is 132 cm³/mol. The van der Waals surface area contributed by atoms with Crippen molar-refractivity contribution in [3.05, 3.63) is 101 Å². The third kappa shape index (κ3) is 6.02. The number of ether oxygens (including phenoxy) is 1. The summed E-state index contributed by atoms with van der Waals surface area (Å²) in [6.07, 6.45) is 0. The molecule has 0 atom stereocenters. The molecule has 0 unspecified atom stereocenters. The second kappa shape index (κ2) is 10.8. The molecule has 0 spiro atoms. The number of aromatic nitrogens is 3. The zero-order valence-corrected chi connectivity index (χ0v) is 19.5. The molecule has 0 saturated heterocycles. The number of hydrogen-bond acceptors (Lipinski definition) is 5. The van der Waals surface area contributed by atoms with Gasteiger partial charge in [-0.1, -0.05) is 66.4 Å². The monoisotopic (exact) mass is 458 g/mol. The van der Waals surface area contributed by atoms with Gasteiger partial charge >= 0.3 is 0 Å². The van der Waals surface area contributed by atoms with Crippen molar-refractivity contribution in [3.8, 4) is 5.75 Å². The van der Waals surface area contributed by atoms with Crippen LogP contribution >= 0.6 is 11.8 Å². The Morgan fingerprint density at radius 2 is 1.67 bits per heavy atom. The number of carbonyl (C=O) groups is 1. The fourth-order valence-electron chi connectivity index (χ4n) is 3.36. The number of anilines is 1. The van der Waals surface area contributed by atoms with E-state index >= 15 is 0 Å². The molecule has 0 bridgehead atoms. The molecular formula is C26H26N4O2S. The van der Waals surface area contributed by atoms with E-state index in [1.54, 1.807) is 0 Å². The maximum absolute atomic E-state index is 12.5. The molecule has 6 nitrogen and oxygen atoms in total. The number of aryl methyl sites for hydroxylation is 1. The van der Waals surface area contributed by atoms with Gasteiger partial charge in [0.15, 0.2) is 11.0 Å². The number of benzene rings is 3. The molecule has 0 saturated carbocycles. The van der Waals surface area contributed by atoms with Crippen molar-refractivity contribution in [2.24, 2.45) is 0 Å². The number of para-hydroxylation sites is 2. The van der Waals surface area contributed by atoms with E-state index in [-0.39, 0.29) is 11.7 Å². The SMILES string of the molecule is Cc1cccc(Cn2c(COc3ccccc3)nnc2SCC(=O)Nc2ccccc2)c1C. The van der Waals surface area contributed by atoms with Crippen LogP contribution in [0.3, 0.4) is 0 Å². The summed E-state index contributed by atoms with van der Waals surface area (Å²) >= 11 is 1.37. The van der Waals surface area contributed by atoms with Crippen LogP contribution in [-0.2, 0) is 17.9 Å². The maximum Gasteiger partial charge on any atom is 0.234 e. The van der Waals surface area contributed by atoms with Gasteiger partial charge in [0, 0.05) is 5.69 Å². The van der Waals surface area contributed by atoms with Crippen LogP contribution in [0.1, 0.15) is 22.5 Å². The van der Waals surface area contributed by atoms with E-state index in [0.29, 0.717) is 24.1 Å². The molecule has 4 aromatic rings. The van der Waals surface area contributed by atoms with Crippen LogP contribution in [0.2, 0.25) is 0 Å². The lowest BCUT2D eigenvalue weighted by Gasteiger charge is -2.14. The van der Waals surface area contributed by atoms with Gasteiger partial charge in [-0.3, -0.25) is 9.36 Å². The Morgan fingerprint density at radius 3 is 2.42 bits per heavy atom. The van der Waals surface area contributed by atoms with E-state index in [1.807, 2.05) is 65.2 Å². The van der Waals surface area contributed by atoms with Crippen molar-refractivity contribution in [1.82, 2.24) is 14.8 Å². The summed E-state index contributed by atoms with van der Waals surface area (Å²) in [5.74, 6) is 1.63. The van der Waals surface area contributed by atoms with Gasteiger partial charge in [0.2, 0.25) is 5.91 Å². The highest BCUT2D eigenvalue weighted by atomic mass is 32.2. The minimum atomic E-state index is -0.0884. The largest absolute Gasteiger partial charge is 0.486 e. The number of carbonyl (C=O) groups excluding carboxylic acids is 1. The van der Waals surface area contributed by atoms with E-state index in [4.69, 9.17) is 4.74 Å². The van der Waals surface area contributed by atoms with Gasteiger partial charge in [-0.05, 0) is 54.8 Å². The molecule has 7 heteroatoms. The Balaban J connectivity index is 1.51. The molecule has 4 rings (SSSR count). The van der Waals surface area contributed by atoms with Crippen LogP contribution in [0.15, 0.2) is 84.0 Å². The van der Waals surface area contributed by atoms with Gasteiger partial charge in [0.05, 0.1) is 12.3 Å². The van der Waals surface area contributed by atoms with Gasteiger partial charge in [-0.25, -0.2) is 0 Å². The third-order valence-electron chi connectivity index (χ3n) is 5.34. The summed E-state index contributed by atoms with van der Waals surface area (Å²) < 4.78 is 7.96. The van der Waals surface area contributed by atoms with Crippen LogP contribution in [-0.4, -0.2) is 26.4 Å². The molecule has 1 amide bonds. The molecule has 0 aliphatic rings. The normalized spacial score (nSPS) is 10.7. The number of nitrogens with one attached hydrogen (secondary N) is 1. The first-order chi connectivity index (χ1) is 16.1. The van der Waals surface area contributed by atoms with Crippen molar-refractivity contribution in [2.75, 3.05) is 11.1 Å². The van der Waals surface area contributed by atoms with Crippen molar-refractivity contribution >= 4 is 23.4 Å². The average molecular weight is 459 g/mol. The van der Waals surface area contributed by atoms with Crippen molar-refractivity contribution in [1.29, 1.82) is 0 Å². The van der Waals surface area contributed by atoms with E-state index < -0.39 is 0 Å². The molecule has 0 aliphatic heterocycles. The summed E-state index contributed by atoms with van der Waals surface area (Å²) in [5, 5.41) is 12.3. The number of nitrogens with zero attached hydrogens (tertiary/aromatic N) is 3. The summed E-state index contributed by atoms with van der Waals surface area (Å²) in [4.78, 5) is 12.5. The first-order valence-electron chi connectivity index (χ1n) is 10.7. The van der Waals surface area contributed by atoms with E-state index in [2.05, 4.69) is 47.6 Å². The first kappa shape index (κ1) is 22.6. The number of hydrogen-bond donors (Lipinski definition) is 1. The Bertz CT molecular complexity index is 1210. The summed E-state index contributed by atoms with van der Waals surface area (Å²) in [7, 11) is 0. The smallest absolute Gasteiger partial charge is 0.234 e. The van der Waals surface area contributed by atoms with E-state index in [1.165, 1.54) is 28.5 Å². The molecule has 1 N–H and O–H groups in total. The quantitative estimate of drug-likeness (QED) is 0.347.